The lowest BCUT2D eigenvalue weighted by Gasteiger charge is -2.13. The summed E-state index contributed by atoms with van der Waals surface area (Å²) in [6.07, 6.45) is -1.90. The van der Waals surface area contributed by atoms with Gasteiger partial charge in [-0.25, -0.2) is 0 Å². The predicted molar refractivity (Wildman–Crippen MR) is 62.9 cm³/mol. The van der Waals surface area contributed by atoms with Crippen LogP contribution in [0.3, 0.4) is 0 Å². The molecule has 1 aliphatic heterocycles. The summed E-state index contributed by atoms with van der Waals surface area (Å²) in [5, 5.41) is 2.63. The number of ether oxygens (including phenoxy) is 1. The zero-order valence-electron chi connectivity index (χ0n) is 13.3. The van der Waals surface area contributed by atoms with Crippen LogP contribution in [0.25, 0.3) is 0 Å². The van der Waals surface area contributed by atoms with Gasteiger partial charge in [0, 0.05) is 18.8 Å². The first kappa shape index (κ1) is 6.12. The zero-order chi connectivity index (χ0) is 14.1. The smallest absolute Gasteiger partial charge is 0.119 e. The summed E-state index contributed by atoms with van der Waals surface area (Å²) in [6.45, 7) is -1.93. The topological polar surface area (TPSA) is 21.3 Å². The quantitative estimate of drug-likeness (QED) is 0.839. The second-order valence-electron chi connectivity index (χ2n) is 3.62. The Labute approximate surface area is 103 Å². The Morgan fingerprint density at radius 3 is 3.20 bits per heavy atom. The molecule has 3 rings (SSSR count). The molecule has 82 valence electrons. The molecule has 0 bridgehead atoms. The summed E-state index contributed by atoms with van der Waals surface area (Å²) in [7, 11) is 1.53. The van der Waals surface area contributed by atoms with E-state index in [1.165, 1.54) is 7.11 Å². The van der Waals surface area contributed by atoms with Gasteiger partial charge in [-0.05, 0) is 36.5 Å². The molecule has 2 atom stereocenters. The van der Waals surface area contributed by atoms with Crippen LogP contribution in [-0.2, 0) is 5.41 Å². The summed E-state index contributed by atoms with van der Waals surface area (Å²) >= 11 is 0. The SMILES string of the molecule is Cl.[2H]C1([2H])NCC2(c3cccc(OC)c3)C([2H])([2H])C12[2H]. The van der Waals surface area contributed by atoms with Gasteiger partial charge in [0.1, 0.15) is 5.75 Å². The maximum atomic E-state index is 8.33. The lowest BCUT2D eigenvalue weighted by atomic mass is 9.95. The minimum atomic E-state index is -2.04. The Hall–Kier alpha value is -0.730. The molecule has 1 heterocycles. The van der Waals surface area contributed by atoms with Gasteiger partial charge in [-0.2, -0.15) is 0 Å². The Kier molecular flexibility index (Phi) is 1.50. The van der Waals surface area contributed by atoms with Gasteiger partial charge in [-0.15, -0.1) is 12.4 Å². The van der Waals surface area contributed by atoms with Gasteiger partial charge >= 0.3 is 0 Å². The number of fused-ring (bicyclic) bond motifs is 1. The van der Waals surface area contributed by atoms with Crippen LogP contribution in [0.15, 0.2) is 24.3 Å². The third kappa shape index (κ3) is 1.52. The van der Waals surface area contributed by atoms with Crippen molar-refractivity contribution >= 4 is 12.4 Å². The fourth-order valence-corrected chi connectivity index (χ4v) is 1.92. The van der Waals surface area contributed by atoms with Gasteiger partial charge in [-0.1, -0.05) is 12.1 Å². The van der Waals surface area contributed by atoms with Crippen LogP contribution in [0.4, 0.5) is 0 Å². The van der Waals surface area contributed by atoms with Crippen LogP contribution in [0.5, 0.6) is 5.75 Å². The highest BCUT2D eigenvalue weighted by Gasteiger charge is 2.57. The Morgan fingerprint density at radius 1 is 1.67 bits per heavy atom. The highest BCUT2D eigenvalue weighted by Crippen LogP contribution is 2.56. The molecule has 2 unspecified atom stereocenters. The van der Waals surface area contributed by atoms with E-state index in [4.69, 9.17) is 11.6 Å². The molecule has 15 heavy (non-hydrogen) atoms. The Balaban J connectivity index is 0.00000147. The first-order valence-electron chi connectivity index (χ1n) is 7.14. The molecule has 2 fully saturated rings. The van der Waals surface area contributed by atoms with E-state index >= 15 is 0 Å². The summed E-state index contributed by atoms with van der Waals surface area (Å²) < 4.78 is 45.3. The van der Waals surface area contributed by atoms with Crippen molar-refractivity contribution in [3.8, 4) is 5.75 Å². The molecule has 1 aliphatic carbocycles. The normalized spacial score (nSPS) is 48.2. The lowest BCUT2D eigenvalue weighted by molar-refractivity contribution is 0.413. The van der Waals surface area contributed by atoms with Gasteiger partial charge in [0.05, 0.1) is 7.11 Å². The molecule has 1 saturated carbocycles. The molecular formula is C12H16ClNO. The summed E-state index contributed by atoms with van der Waals surface area (Å²) in [5.74, 6) is -1.22. The number of rotatable bonds is 2. The standard InChI is InChI=1S/C12H15NO.ClH/c1-14-11-4-2-3-9(5-11)12-6-10(12)7-13-8-12;/h2-5,10,13H,6-8H2,1H3;1H/i6D2,7D2,10D;. The molecule has 0 amide bonds. The highest BCUT2D eigenvalue weighted by molar-refractivity contribution is 5.85. The minimum absolute atomic E-state index is 0. The van der Waals surface area contributed by atoms with E-state index in [1.54, 1.807) is 24.3 Å². The Bertz CT molecular complexity index is 554. The number of nitrogens with one attached hydrogen (secondary N) is 1. The summed E-state index contributed by atoms with van der Waals surface area (Å²) in [4.78, 5) is 0. The molecule has 0 radical (unpaired) electrons. The number of hydrogen-bond acceptors (Lipinski definition) is 2. The van der Waals surface area contributed by atoms with E-state index in [2.05, 4.69) is 5.32 Å². The van der Waals surface area contributed by atoms with Crippen molar-refractivity contribution in [1.29, 1.82) is 0 Å². The van der Waals surface area contributed by atoms with Gasteiger partial charge in [-0.3, -0.25) is 0 Å². The lowest BCUT2D eigenvalue weighted by Crippen LogP contribution is -2.19. The third-order valence-corrected chi connectivity index (χ3v) is 2.83. The van der Waals surface area contributed by atoms with Crippen molar-refractivity contribution in [2.75, 3.05) is 20.2 Å². The van der Waals surface area contributed by atoms with Crippen molar-refractivity contribution in [2.24, 2.45) is 5.89 Å². The van der Waals surface area contributed by atoms with Gasteiger partial charge in [0.15, 0.2) is 0 Å². The monoisotopic (exact) mass is 230 g/mol. The summed E-state index contributed by atoms with van der Waals surface area (Å²) in [5.41, 5.74) is -0.543. The second kappa shape index (κ2) is 3.69. The van der Waals surface area contributed by atoms with Crippen LogP contribution < -0.4 is 10.1 Å². The number of piperidine rings is 1. The molecule has 1 saturated heterocycles. The maximum Gasteiger partial charge on any atom is 0.119 e. The minimum Gasteiger partial charge on any atom is -0.497 e. The van der Waals surface area contributed by atoms with Gasteiger partial charge in [0.25, 0.3) is 0 Å². The third-order valence-electron chi connectivity index (χ3n) is 2.83. The van der Waals surface area contributed by atoms with Crippen LogP contribution in [0.2, 0.25) is 0 Å². The molecule has 0 spiro atoms. The first-order chi connectivity index (χ1) is 8.74. The molecule has 2 aliphatic rings. The molecular weight excluding hydrogens is 210 g/mol. The second-order valence-corrected chi connectivity index (χ2v) is 3.62. The average Bonchev–Trinajstić information content (AvgIpc) is 2.64. The largest absolute Gasteiger partial charge is 0.497 e. The van der Waals surface area contributed by atoms with Crippen LogP contribution in [-0.4, -0.2) is 20.2 Å². The molecule has 1 aromatic rings. The fraction of sp³-hybridized carbons (Fsp3) is 0.500. The number of benzene rings is 1. The van der Waals surface area contributed by atoms with E-state index in [0.29, 0.717) is 11.3 Å². The number of halogens is 1. The molecule has 3 heteroatoms. The number of hydrogen-bond donors (Lipinski definition) is 1. The average molecular weight is 231 g/mol. The fourth-order valence-electron chi connectivity index (χ4n) is 1.92. The van der Waals surface area contributed by atoms with Gasteiger partial charge < -0.3 is 10.1 Å². The Morgan fingerprint density at radius 2 is 2.53 bits per heavy atom. The maximum absolute atomic E-state index is 8.33. The van der Waals surface area contributed by atoms with E-state index in [9.17, 15) is 0 Å². The zero-order valence-corrected chi connectivity index (χ0v) is 9.15. The molecule has 2 nitrogen and oxygen atoms in total. The highest BCUT2D eigenvalue weighted by atomic mass is 35.5. The number of methoxy groups -OCH3 is 1. The van der Waals surface area contributed by atoms with Crippen molar-refractivity contribution in [3.05, 3.63) is 29.8 Å². The van der Waals surface area contributed by atoms with Crippen molar-refractivity contribution < 1.29 is 11.6 Å². The van der Waals surface area contributed by atoms with E-state index in [-0.39, 0.29) is 19.0 Å². The van der Waals surface area contributed by atoms with E-state index in [1.807, 2.05) is 0 Å². The van der Waals surface area contributed by atoms with Crippen molar-refractivity contribution in [2.45, 2.75) is 11.8 Å². The first-order valence-corrected chi connectivity index (χ1v) is 4.64. The van der Waals surface area contributed by atoms with Gasteiger partial charge in [0.2, 0.25) is 0 Å². The molecule has 1 aromatic carbocycles. The molecule has 0 aromatic heterocycles. The summed E-state index contributed by atoms with van der Waals surface area (Å²) in [6, 6.07) is 6.92. The van der Waals surface area contributed by atoms with Crippen molar-refractivity contribution in [1.82, 2.24) is 5.32 Å². The predicted octanol–water partition coefficient (Wildman–Crippen LogP) is 1.98. The molecule has 1 N–H and O–H groups in total. The van der Waals surface area contributed by atoms with Crippen LogP contribution in [0.1, 0.15) is 18.8 Å². The van der Waals surface area contributed by atoms with Crippen molar-refractivity contribution in [3.63, 3.8) is 0 Å². The van der Waals surface area contributed by atoms with Crippen LogP contribution in [0, 0.1) is 5.89 Å². The van der Waals surface area contributed by atoms with E-state index < -0.39 is 24.2 Å². The van der Waals surface area contributed by atoms with E-state index in [0.717, 1.165) is 0 Å². The van der Waals surface area contributed by atoms with Crippen LogP contribution >= 0.6 is 12.4 Å².